The van der Waals surface area contributed by atoms with Crippen LogP contribution in [0.5, 0.6) is 0 Å². The molecule has 4 aromatic rings. The smallest absolute Gasteiger partial charge is 0.272 e. The number of aromatic nitrogens is 5. The van der Waals surface area contributed by atoms with Crippen molar-refractivity contribution in [2.75, 3.05) is 5.32 Å². The molecule has 0 saturated carbocycles. The fraction of sp³-hybridized carbons (Fsp3) is 0.158. The number of carbonyl (C=O) groups excluding carboxylic acids is 1. The minimum atomic E-state index is -0.184. The Morgan fingerprint density at radius 2 is 2.00 bits per heavy atom. The van der Waals surface area contributed by atoms with Crippen LogP contribution in [-0.4, -0.2) is 31.1 Å². The van der Waals surface area contributed by atoms with E-state index in [1.807, 2.05) is 53.1 Å². The first-order chi connectivity index (χ1) is 13.0. The molecule has 136 valence electrons. The fourth-order valence-electron chi connectivity index (χ4n) is 3.19. The predicted octanol–water partition coefficient (Wildman–Crippen LogP) is 4.42. The van der Waals surface area contributed by atoms with Crippen LogP contribution in [0.25, 0.3) is 22.3 Å². The van der Waals surface area contributed by atoms with Crippen LogP contribution < -0.4 is 5.32 Å². The van der Waals surface area contributed by atoms with E-state index >= 15 is 0 Å². The van der Waals surface area contributed by atoms with Crippen molar-refractivity contribution in [3.05, 3.63) is 58.7 Å². The van der Waals surface area contributed by atoms with E-state index in [9.17, 15) is 4.79 Å². The van der Waals surface area contributed by atoms with Crippen LogP contribution in [0.2, 0.25) is 0 Å². The van der Waals surface area contributed by atoms with Gasteiger partial charge in [-0.1, -0.05) is 34.1 Å². The Bertz CT molecular complexity index is 1120. The van der Waals surface area contributed by atoms with Crippen molar-refractivity contribution >= 4 is 38.4 Å². The van der Waals surface area contributed by atoms with Crippen molar-refractivity contribution < 1.29 is 4.79 Å². The van der Waals surface area contributed by atoms with Gasteiger partial charge >= 0.3 is 0 Å². The molecule has 27 heavy (non-hydrogen) atoms. The van der Waals surface area contributed by atoms with Gasteiger partial charge < -0.3 is 9.88 Å². The molecule has 0 saturated heterocycles. The molecule has 0 unspecified atom stereocenters. The summed E-state index contributed by atoms with van der Waals surface area (Å²) >= 11 is 3.45. The first kappa shape index (κ1) is 17.4. The number of benzene rings is 2. The van der Waals surface area contributed by atoms with Crippen molar-refractivity contribution in [2.24, 2.45) is 0 Å². The average molecular weight is 425 g/mol. The van der Waals surface area contributed by atoms with E-state index in [0.29, 0.717) is 22.8 Å². The van der Waals surface area contributed by atoms with Crippen LogP contribution in [0.15, 0.2) is 53.0 Å². The molecule has 1 amide bonds. The van der Waals surface area contributed by atoms with Gasteiger partial charge in [0.05, 0.1) is 5.69 Å². The van der Waals surface area contributed by atoms with Gasteiger partial charge in [0.1, 0.15) is 5.69 Å². The third-order valence-electron chi connectivity index (χ3n) is 4.33. The quantitative estimate of drug-likeness (QED) is 0.507. The number of hydrogen-bond donors (Lipinski definition) is 2. The SMILES string of the molecule is CC(C)n1c(C(=O)Nc2ccc(Br)cc2-c2nnn[nH]2)cc2ccccc21. The van der Waals surface area contributed by atoms with Gasteiger partial charge in [-0.3, -0.25) is 4.79 Å². The Kier molecular flexibility index (Phi) is 4.49. The van der Waals surface area contributed by atoms with E-state index in [4.69, 9.17) is 0 Å². The largest absolute Gasteiger partial charge is 0.334 e. The summed E-state index contributed by atoms with van der Waals surface area (Å²) in [5, 5.41) is 18.0. The molecule has 0 spiro atoms. The van der Waals surface area contributed by atoms with E-state index in [1.165, 1.54) is 0 Å². The number of nitrogens with one attached hydrogen (secondary N) is 2. The van der Waals surface area contributed by atoms with Crippen molar-refractivity contribution in [1.82, 2.24) is 25.2 Å². The number of carbonyl (C=O) groups is 1. The predicted molar refractivity (Wildman–Crippen MR) is 108 cm³/mol. The Morgan fingerprint density at radius 1 is 1.19 bits per heavy atom. The number of rotatable bonds is 4. The van der Waals surface area contributed by atoms with Crippen molar-refractivity contribution in [3.63, 3.8) is 0 Å². The lowest BCUT2D eigenvalue weighted by atomic mass is 10.1. The van der Waals surface area contributed by atoms with Gasteiger partial charge in [-0.2, -0.15) is 0 Å². The highest BCUT2D eigenvalue weighted by molar-refractivity contribution is 9.10. The van der Waals surface area contributed by atoms with Crippen LogP contribution in [0, 0.1) is 0 Å². The summed E-state index contributed by atoms with van der Waals surface area (Å²) in [5.41, 5.74) is 2.97. The summed E-state index contributed by atoms with van der Waals surface area (Å²) in [6, 6.07) is 15.6. The summed E-state index contributed by atoms with van der Waals surface area (Å²) in [7, 11) is 0. The number of halogens is 1. The lowest BCUT2D eigenvalue weighted by Crippen LogP contribution is -2.18. The van der Waals surface area contributed by atoms with Gasteiger partial charge in [0.25, 0.3) is 5.91 Å². The second-order valence-corrected chi connectivity index (χ2v) is 7.36. The van der Waals surface area contributed by atoms with E-state index in [1.54, 1.807) is 0 Å². The fourth-order valence-corrected chi connectivity index (χ4v) is 3.55. The van der Waals surface area contributed by atoms with Gasteiger partial charge in [0.15, 0.2) is 5.82 Å². The highest BCUT2D eigenvalue weighted by Gasteiger charge is 2.19. The van der Waals surface area contributed by atoms with E-state index in [0.717, 1.165) is 15.4 Å². The zero-order valence-corrected chi connectivity index (χ0v) is 16.4. The van der Waals surface area contributed by atoms with Gasteiger partial charge in [0.2, 0.25) is 0 Å². The molecular formula is C19H17BrN6O. The van der Waals surface area contributed by atoms with E-state index in [2.05, 4.69) is 55.7 Å². The molecule has 2 heterocycles. The number of para-hydroxylation sites is 1. The Labute approximate surface area is 163 Å². The molecule has 2 N–H and O–H groups in total. The molecule has 8 heteroatoms. The number of anilines is 1. The van der Waals surface area contributed by atoms with Crippen molar-refractivity contribution in [3.8, 4) is 11.4 Å². The summed E-state index contributed by atoms with van der Waals surface area (Å²) in [6.45, 7) is 4.13. The number of hydrogen-bond acceptors (Lipinski definition) is 4. The van der Waals surface area contributed by atoms with E-state index < -0.39 is 0 Å². The highest BCUT2D eigenvalue weighted by Crippen LogP contribution is 2.30. The van der Waals surface area contributed by atoms with Gasteiger partial charge in [-0.25, -0.2) is 5.10 Å². The van der Waals surface area contributed by atoms with Gasteiger partial charge in [0, 0.05) is 27.0 Å². The number of tetrazole rings is 1. The van der Waals surface area contributed by atoms with Crippen LogP contribution in [0.4, 0.5) is 5.69 Å². The molecule has 0 fully saturated rings. The molecule has 0 bridgehead atoms. The molecule has 0 radical (unpaired) electrons. The van der Waals surface area contributed by atoms with Gasteiger partial charge in [-0.05, 0) is 54.6 Å². The number of fused-ring (bicyclic) bond motifs is 1. The number of nitrogens with zero attached hydrogens (tertiary/aromatic N) is 4. The molecule has 7 nitrogen and oxygen atoms in total. The zero-order valence-electron chi connectivity index (χ0n) is 14.8. The molecule has 4 rings (SSSR count). The average Bonchev–Trinajstić information content (AvgIpc) is 3.30. The normalized spacial score (nSPS) is 11.3. The maximum atomic E-state index is 13.1. The Balaban J connectivity index is 1.76. The van der Waals surface area contributed by atoms with Crippen LogP contribution in [-0.2, 0) is 0 Å². The Hall–Kier alpha value is -3.00. The van der Waals surface area contributed by atoms with Gasteiger partial charge in [-0.15, -0.1) is 5.10 Å². The molecule has 0 aliphatic heterocycles. The number of aromatic amines is 1. The molecule has 0 aliphatic carbocycles. The lowest BCUT2D eigenvalue weighted by molar-refractivity contribution is 0.101. The molecule has 0 aliphatic rings. The number of H-pyrrole nitrogens is 1. The van der Waals surface area contributed by atoms with Crippen molar-refractivity contribution in [1.29, 1.82) is 0 Å². The summed E-state index contributed by atoms with van der Waals surface area (Å²) in [5.74, 6) is 0.298. The van der Waals surface area contributed by atoms with E-state index in [-0.39, 0.29) is 11.9 Å². The lowest BCUT2D eigenvalue weighted by Gasteiger charge is -2.15. The second-order valence-electron chi connectivity index (χ2n) is 6.45. The molecular weight excluding hydrogens is 408 g/mol. The third-order valence-corrected chi connectivity index (χ3v) is 4.82. The zero-order chi connectivity index (χ0) is 19.0. The first-order valence-corrected chi connectivity index (χ1v) is 9.29. The first-order valence-electron chi connectivity index (χ1n) is 8.49. The highest BCUT2D eigenvalue weighted by atomic mass is 79.9. The summed E-state index contributed by atoms with van der Waals surface area (Å²) < 4.78 is 2.90. The second kappa shape index (κ2) is 6.96. The molecule has 2 aromatic carbocycles. The maximum absolute atomic E-state index is 13.1. The molecule has 2 aromatic heterocycles. The third kappa shape index (κ3) is 3.23. The summed E-state index contributed by atoms with van der Waals surface area (Å²) in [4.78, 5) is 13.1. The standard InChI is InChI=1S/C19H17BrN6O/c1-11(2)26-16-6-4-3-5-12(16)9-17(26)19(27)21-15-8-7-13(20)10-14(15)18-22-24-25-23-18/h3-11H,1-2H3,(H,21,27)(H,22,23,24,25). The van der Waals surface area contributed by atoms with Crippen molar-refractivity contribution in [2.45, 2.75) is 19.9 Å². The van der Waals surface area contributed by atoms with Crippen LogP contribution in [0.3, 0.4) is 0 Å². The minimum Gasteiger partial charge on any atom is -0.334 e. The molecule has 0 atom stereocenters. The van der Waals surface area contributed by atoms with Crippen LogP contribution >= 0.6 is 15.9 Å². The topological polar surface area (TPSA) is 88.5 Å². The monoisotopic (exact) mass is 424 g/mol. The summed E-state index contributed by atoms with van der Waals surface area (Å²) in [6.07, 6.45) is 0. The minimum absolute atomic E-state index is 0.147. The Morgan fingerprint density at radius 3 is 2.74 bits per heavy atom. The van der Waals surface area contributed by atoms with Crippen LogP contribution in [0.1, 0.15) is 30.4 Å². The number of amides is 1. The maximum Gasteiger partial charge on any atom is 0.272 e.